The lowest BCUT2D eigenvalue weighted by Crippen LogP contribution is -2.36. The fourth-order valence-corrected chi connectivity index (χ4v) is 3.03. The van der Waals surface area contributed by atoms with Crippen LogP contribution in [-0.2, 0) is 0 Å². The summed E-state index contributed by atoms with van der Waals surface area (Å²) < 4.78 is 4.98. The minimum absolute atomic E-state index is 0.129. The summed E-state index contributed by atoms with van der Waals surface area (Å²) in [5, 5.41) is 10.1. The number of nitrogens with zero attached hydrogens (tertiary/aromatic N) is 4. The van der Waals surface area contributed by atoms with Crippen molar-refractivity contribution in [2.24, 2.45) is 0 Å². The molecule has 2 amide bonds. The van der Waals surface area contributed by atoms with Gasteiger partial charge in [0.05, 0.1) is 11.9 Å². The second-order valence-corrected chi connectivity index (χ2v) is 6.81. The first-order chi connectivity index (χ1) is 12.5. The average Bonchev–Trinajstić information content (AvgIpc) is 2.88. The number of pyridine rings is 1. The quantitative estimate of drug-likeness (QED) is 0.874. The molecule has 3 rings (SSSR count). The summed E-state index contributed by atoms with van der Waals surface area (Å²) >= 11 is 0. The van der Waals surface area contributed by atoms with Crippen LogP contribution in [-0.4, -0.2) is 54.3 Å². The molecular formula is C18H26N6O2. The third-order valence-electron chi connectivity index (χ3n) is 4.46. The van der Waals surface area contributed by atoms with E-state index in [4.69, 9.17) is 4.52 Å². The van der Waals surface area contributed by atoms with Crippen LogP contribution < -0.4 is 15.5 Å². The first-order valence-corrected chi connectivity index (χ1v) is 8.90. The van der Waals surface area contributed by atoms with Crippen molar-refractivity contribution in [2.75, 3.05) is 42.7 Å². The smallest absolute Gasteiger partial charge is 0.323 e. The highest BCUT2D eigenvalue weighted by Crippen LogP contribution is 2.19. The zero-order valence-electron chi connectivity index (χ0n) is 15.5. The van der Waals surface area contributed by atoms with Crippen molar-refractivity contribution >= 4 is 23.4 Å². The van der Waals surface area contributed by atoms with E-state index >= 15 is 0 Å². The summed E-state index contributed by atoms with van der Waals surface area (Å²) in [4.78, 5) is 20.6. The number of anilines is 3. The van der Waals surface area contributed by atoms with Gasteiger partial charge in [-0.2, -0.15) is 0 Å². The molecule has 2 aromatic rings. The summed E-state index contributed by atoms with van der Waals surface area (Å²) in [5.41, 5.74) is 1.01. The van der Waals surface area contributed by atoms with Gasteiger partial charge in [0.25, 0.3) is 0 Å². The molecule has 26 heavy (non-hydrogen) atoms. The molecule has 2 aromatic heterocycles. The van der Waals surface area contributed by atoms with Crippen LogP contribution in [0, 0.1) is 6.92 Å². The molecule has 0 saturated carbocycles. The number of hydrogen-bond acceptors (Lipinski definition) is 6. The molecular weight excluding hydrogens is 332 g/mol. The van der Waals surface area contributed by atoms with Crippen LogP contribution in [0.1, 0.15) is 25.0 Å². The Hall–Kier alpha value is -2.77. The van der Waals surface area contributed by atoms with E-state index in [1.54, 1.807) is 13.0 Å². The van der Waals surface area contributed by atoms with Crippen molar-refractivity contribution in [3.05, 3.63) is 30.2 Å². The van der Waals surface area contributed by atoms with Gasteiger partial charge in [-0.1, -0.05) is 5.16 Å². The Bertz CT molecular complexity index is 728. The Morgan fingerprint density at radius 1 is 1.31 bits per heavy atom. The van der Waals surface area contributed by atoms with Gasteiger partial charge in [0.15, 0.2) is 5.82 Å². The molecule has 0 spiro atoms. The van der Waals surface area contributed by atoms with E-state index in [1.165, 1.54) is 0 Å². The number of urea groups is 1. The molecule has 0 radical (unpaired) electrons. The van der Waals surface area contributed by atoms with Crippen LogP contribution in [0.3, 0.4) is 0 Å². The summed E-state index contributed by atoms with van der Waals surface area (Å²) in [7, 11) is 3.95. The first kappa shape index (κ1) is 18.0. The molecule has 1 aliphatic rings. The predicted molar refractivity (Wildman–Crippen MR) is 102 cm³/mol. The van der Waals surface area contributed by atoms with E-state index in [0.29, 0.717) is 24.2 Å². The second kappa shape index (κ2) is 8.07. The molecule has 8 nitrogen and oxygen atoms in total. The number of hydrogen-bond donors (Lipinski definition) is 2. The van der Waals surface area contributed by atoms with Crippen molar-refractivity contribution in [1.82, 2.24) is 15.0 Å². The van der Waals surface area contributed by atoms with Gasteiger partial charge < -0.3 is 19.6 Å². The summed E-state index contributed by atoms with van der Waals surface area (Å²) in [5.74, 6) is 2.06. The van der Waals surface area contributed by atoms with Crippen molar-refractivity contribution < 1.29 is 9.32 Å². The van der Waals surface area contributed by atoms with Crippen LogP contribution in [0.15, 0.2) is 28.9 Å². The zero-order chi connectivity index (χ0) is 18.5. The Labute approximate surface area is 153 Å². The molecule has 2 N–H and O–H groups in total. The van der Waals surface area contributed by atoms with Crippen LogP contribution in [0.25, 0.3) is 0 Å². The van der Waals surface area contributed by atoms with Gasteiger partial charge in [-0.25, -0.2) is 9.78 Å². The van der Waals surface area contributed by atoms with Crippen molar-refractivity contribution in [2.45, 2.75) is 32.2 Å². The third kappa shape index (κ3) is 4.65. The van der Waals surface area contributed by atoms with Crippen LogP contribution in [0.2, 0.25) is 0 Å². The maximum Gasteiger partial charge on any atom is 0.323 e. The van der Waals surface area contributed by atoms with Gasteiger partial charge in [0.2, 0.25) is 0 Å². The first-order valence-electron chi connectivity index (χ1n) is 8.90. The molecule has 3 heterocycles. The fraction of sp³-hybridized carbons (Fsp3) is 0.500. The molecule has 1 fully saturated rings. The van der Waals surface area contributed by atoms with E-state index < -0.39 is 0 Å². The predicted octanol–water partition coefficient (Wildman–Crippen LogP) is 2.94. The summed E-state index contributed by atoms with van der Waals surface area (Å²) in [6.07, 6.45) is 4.72. The Morgan fingerprint density at radius 2 is 2.15 bits per heavy atom. The van der Waals surface area contributed by atoms with Crippen LogP contribution in [0.5, 0.6) is 0 Å². The standard InChI is InChI=1S/C18H26N6O2/c1-13-11-16(22-26-13)21-18(25)24-9-4-5-14(8-10-24)20-15-6-7-17(19-12-15)23(2)3/h6-7,11-12,14,20H,4-5,8-10H2,1-3H3,(H,21,22,25). The number of amides is 2. The molecule has 0 aromatic carbocycles. The minimum atomic E-state index is -0.129. The maximum atomic E-state index is 12.4. The van der Waals surface area contributed by atoms with Gasteiger partial charge in [-0.3, -0.25) is 5.32 Å². The van der Waals surface area contributed by atoms with Crippen LogP contribution in [0.4, 0.5) is 22.1 Å². The number of aromatic nitrogens is 2. The maximum absolute atomic E-state index is 12.4. The molecule has 1 atom stereocenters. The van der Waals surface area contributed by atoms with Crippen molar-refractivity contribution in [1.29, 1.82) is 0 Å². The third-order valence-corrected chi connectivity index (χ3v) is 4.46. The topological polar surface area (TPSA) is 86.5 Å². The van der Waals surface area contributed by atoms with E-state index in [0.717, 1.165) is 37.3 Å². The number of carbonyl (C=O) groups excluding carboxylic acids is 1. The normalized spacial score (nSPS) is 17.5. The van der Waals surface area contributed by atoms with E-state index in [1.807, 2.05) is 42.2 Å². The number of nitrogens with one attached hydrogen (secondary N) is 2. The highest BCUT2D eigenvalue weighted by atomic mass is 16.5. The summed E-state index contributed by atoms with van der Waals surface area (Å²) in [6, 6.07) is 5.96. The van der Waals surface area contributed by atoms with Gasteiger partial charge in [-0.15, -0.1) is 0 Å². The monoisotopic (exact) mass is 358 g/mol. The zero-order valence-corrected chi connectivity index (χ0v) is 15.5. The Morgan fingerprint density at radius 3 is 2.81 bits per heavy atom. The van der Waals surface area contributed by atoms with Crippen molar-refractivity contribution in [3.63, 3.8) is 0 Å². The number of carbonyl (C=O) groups is 1. The SMILES string of the molecule is Cc1cc(NC(=O)N2CCCC(Nc3ccc(N(C)C)nc3)CC2)no1. The molecule has 0 aliphatic carbocycles. The van der Waals surface area contributed by atoms with E-state index in [-0.39, 0.29) is 6.03 Å². The van der Waals surface area contributed by atoms with Crippen molar-refractivity contribution in [3.8, 4) is 0 Å². The molecule has 0 bridgehead atoms. The van der Waals surface area contributed by atoms with Gasteiger partial charge >= 0.3 is 6.03 Å². The molecule has 1 aliphatic heterocycles. The molecule has 1 unspecified atom stereocenters. The Balaban J connectivity index is 1.52. The highest BCUT2D eigenvalue weighted by Gasteiger charge is 2.21. The number of aryl methyl sites for hydroxylation is 1. The number of likely N-dealkylation sites (tertiary alicyclic amines) is 1. The lowest BCUT2D eigenvalue weighted by molar-refractivity contribution is 0.213. The molecule has 140 valence electrons. The van der Waals surface area contributed by atoms with Gasteiger partial charge in [0, 0.05) is 39.3 Å². The summed E-state index contributed by atoms with van der Waals surface area (Å²) in [6.45, 7) is 3.23. The number of rotatable bonds is 4. The van der Waals surface area contributed by atoms with Crippen LogP contribution >= 0.6 is 0 Å². The van der Waals surface area contributed by atoms with Gasteiger partial charge in [0.1, 0.15) is 11.6 Å². The fourth-order valence-electron chi connectivity index (χ4n) is 3.03. The highest BCUT2D eigenvalue weighted by molar-refractivity contribution is 5.88. The average molecular weight is 358 g/mol. The Kier molecular flexibility index (Phi) is 5.60. The lowest BCUT2D eigenvalue weighted by atomic mass is 10.1. The molecule has 8 heteroatoms. The molecule has 1 saturated heterocycles. The van der Waals surface area contributed by atoms with E-state index in [9.17, 15) is 4.79 Å². The largest absolute Gasteiger partial charge is 0.381 e. The lowest BCUT2D eigenvalue weighted by Gasteiger charge is -2.21. The second-order valence-electron chi connectivity index (χ2n) is 6.81. The van der Waals surface area contributed by atoms with Gasteiger partial charge in [-0.05, 0) is 38.3 Å². The van der Waals surface area contributed by atoms with E-state index in [2.05, 4.69) is 20.8 Å². The minimum Gasteiger partial charge on any atom is -0.381 e.